The third-order valence-electron chi connectivity index (χ3n) is 2.24. The van der Waals surface area contributed by atoms with E-state index in [1.54, 1.807) is 13.8 Å². The number of piperidine rings is 1. The topological polar surface area (TPSA) is 51.2 Å². The highest BCUT2D eigenvalue weighted by molar-refractivity contribution is 4.55. The molecule has 15 heavy (non-hydrogen) atoms. The van der Waals surface area contributed by atoms with E-state index in [1.165, 1.54) is 19.3 Å². The molecule has 2 unspecified atom stereocenters. The van der Waals surface area contributed by atoms with Gasteiger partial charge in [-0.25, -0.2) is 0 Å². The van der Waals surface area contributed by atoms with Gasteiger partial charge in [-0.15, -0.1) is 0 Å². The number of nitrogens with zero attached hydrogens (tertiary/aromatic N) is 1. The molecule has 1 rings (SSSR count). The molecule has 90 valence electrons. The number of hydrogen-bond acceptors (Lipinski definition) is 5. The summed E-state index contributed by atoms with van der Waals surface area (Å²) >= 11 is 0. The van der Waals surface area contributed by atoms with Crippen LogP contribution in [0.3, 0.4) is 0 Å². The number of rotatable bonds is 6. The molecule has 0 radical (unpaired) electrons. The fraction of sp³-hybridized carbons (Fsp3) is 1.00. The molecule has 0 aromatic heterocycles. The van der Waals surface area contributed by atoms with Crippen LogP contribution in [-0.4, -0.2) is 42.6 Å². The first-order valence-electron chi connectivity index (χ1n) is 5.51. The van der Waals surface area contributed by atoms with Crippen LogP contribution < -0.4 is 0 Å². The Bertz CT molecular complexity index is 160. The summed E-state index contributed by atoms with van der Waals surface area (Å²) in [6, 6.07) is 0. The third kappa shape index (κ3) is 6.06. The van der Waals surface area contributed by atoms with E-state index in [0.717, 1.165) is 13.1 Å². The standard InChI is InChI=1S/C10H21NO4/c1-9(12)15-10(2)13-8-14-11-6-4-3-5-7-11/h9-10,12H,3-8H2,1-2H3. The number of aliphatic hydroxyl groups excluding tert-OH is 1. The van der Waals surface area contributed by atoms with Gasteiger partial charge in [0.25, 0.3) is 0 Å². The van der Waals surface area contributed by atoms with E-state index in [4.69, 9.17) is 19.4 Å². The van der Waals surface area contributed by atoms with Gasteiger partial charge in [0.1, 0.15) is 0 Å². The zero-order valence-electron chi connectivity index (χ0n) is 9.52. The van der Waals surface area contributed by atoms with Crippen LogP contribution in [0.25, 0.3) is 0 Å². The molecule has 1 fully saturated rings. The van der Waals surface area contributed by atoms with Crippen LogP contribution in [0.4, 0.5) is 0 Å². The lowest BCUT2D eigenvalue weighted by Gasteiger charge is -2.26. The molecular weight excluding hydrogens is 198 g/mol. The van der Waals surface area contributed by atoms with Gasteiger partial charge in [0, 0.05) is 13.1 Å². The van der Waals surface area contributed by atoms with E-state index in [9.17, 15) is 0 Å². The summed E-state index contributed by atoms with van der Waals surface area (Å²) in [5, 5.41) is 10.8. The van der Waals surface area contributed by atoms with Crippen LogP contribution >= 0.6 is 0 Å². The van der Waals surface area contributed by atoms with Crippen LogP contribution in [-0.2, 0) is 14.3 Å². The van der Waals surface area contributed by atoms with Crippen molar-refractivity contribution >= 4 is 0 Å². The van der Waals surface area contributed by atoms with Gasteiger partial charge >= 0.3 is 0 Å². The van der Waals surface area contributed by atoms with Gasteiger partial charge in [-0.1, -0.05) is 6.42 Å². The highest BCUT2D eigenvalue weighted by atomic mass is 16.8. The molecule has 0 bridgehead atoms. The Morgan fingerprint density at radius 2 is 1.87 bits per heavy atom. The summed E-state index contributed by atoms with van der Waals surface area (Å²) in [5.41, 5.74) is 0. The second kappa shape index (κ2) is 7.14. The van der Waals surface area contributed by atoms with Crippen LogP contribution in [0.5, 0.6) is 0 Å². The fourth-order valence-electron chi connectivity index (χ4n) is 1.51. The highest BCUT2D eigenvalue weighted by Crippen LogP contribution is 2.09. The van der Waals surface area contributed by atoms with Crippen molar-refractivity contribution in [3.63, 3.8) is 0 Å². The van der Waals surface area contributed by atoms with Crippen molar-refractivity contribution in [2.45, 2.75) is 45.7 Å². The highest BCUT2D eigenvalue weighted by Gasteiger charge is 2.11. The van der Waals surface area contributed by atoms with E-state index in [0.29, 0.717) is 0 Å². The van der Waals surface area contributed by atoms with Crippen molar-refractivity contribution in [3.8, 4) is 0 Å². The molecule has 0 saturated carbocycles. The van der Waals surface area contributed by atoms with Gasteiger partial charge in [-0.2, -0.15) is 5.06 Å². The summed E-state index contributed by atoms with van der Waals surface area (Å²) in [4.78, 5) is 5.38. The molecule has 1 aliphatic heterocycles. The predicted molar refractivity (Wildman–Crippen MR) is 54.7 cm³/mol. The quantitative estimate of drug-likeness (QED) is 0.677. The van der Waals surface area contributed by atoms with Crippen LogP contribution in [0.15, 0.2) is 0 Å². The van der Waals surface area contributed by atoms with E-state index < -0.39 is 12.6 Å². The minimum atomic E-state index is -0.810. The van der Waals surface area contributed by atoms with Crippen molar-refractivity contribution < 1.29 is 19.4 Å². The lowest BCUT2D eigenvalue weighted by atomic mass is 10.2. The Balaban J connectivity index is 1.99. The van der Waals surface area contributed by atoms with E-state index in [1.807, 2.05) is 5.06 Å². The van der Waals surface area contributed by atoms with Gasteiger partial charge < -0.3 is 14.6 Å². The average Bonchev–Trinajstić information content (AvgIpc) is 2.18. The first-order valence-corrected chi connectivity index (χ1v) is 5.51. The normalized spacial score (nSPS) is 22.6. The predicted octanol–water partition coefficient (Wildman–Crippen LogP) is 1.08. The zero-order valence-corrected chi connectivity index (χ0v) is 9.52. The molecule has 1 aliphatic rings. The Hall–Kier alpha value is -0.200. The molecule has 1 N–H and O–H groups in total. The van der Waals surface area contributed by atoms with Crippen molar-refractivity contribution in [2.75, 3.05) is 19.9 Å². The molecule has 0 amide bonds. The van der Waals surface area contributed by atoms with Crippen molar-refractivity contribution in [3.05, 3.63) is 0 Å². The number of hydrogen-bond donors (Lipinski definition) is 1. The Kier molecular flexibility index (Phi) is 6.12. The van der Waals surface area contributed by atoms with E-state index >= 15 is 0 Å². The van der Waals surface area contributed by atoms with Gasteiger partial charge in [0.05, 0.1) is 0 Å². The van der Waals surface area contributed by atoms with Crippen LogP contribution in [0.2, 0.25) is 0 Å². The van der Waals surface area contributed by atoms with Gasteiger partial charge in [0.15, 0.2) is 19.4 Å². The molecule has 1 saturated heterocycles. The number of ether oxygens (including phenoxy) is 2. The minimum Gasteiger partial charge on any atom is -0.368 e. The smallest absolute Gasteiger partial charge is 0.170 e. The molecule has 2 atom stereocenters. The largest absolute Gasteiger partial charge is 0.368 e. The van der Waals surface area contributed by atoms with Crippen LogP contribution in [0.1, 0.15) is 33.1 Å². The molecule has 0 spiro atoms. The summed E-state index contributed by atoms with van der Waals surface area (Å²) < 4.78 is 10.2. The van der Waals surface area contributed by atoms with Crippen molar-refractivity contribution in [1.29, 1.82) is 0 Å². The monoisotopic (exact) mass is 219 g/mol. The van der Waals surface area contributed by atoms with Crippen molar-refractivity contribution in [2.24, 2.45) is 0 Å². The maximum atomic E-state index is 8.92. The van der Waals surface area contributed by atoms with Crippen LogP contribution in [0, 0.1) is 0 Å². The average molecular weight is 219 g/mol. The molecule has 5 nitrogen and oxygen atoms in total. The zero-order chi connectivity index (χ0) is 11.1. The Morgan fingerprint density at radius 1 is 1.20 bits per heavy atom. The van der Waals surface area contributed by atoms with E-state index in [-0.39, 0.29) is 6.79 Å². The molecule has 5 heteroatoms. The second-order valence-electron chi connectivity index (χ2n) is 3.71. The molecule has 1 heterocycles. The molecular formula is C10H21NO4. The van der Waals surface area contributed by atoms with E-state index in [2.05, 4.69) is 0 Å². The number of aliphatic hydroxyl groups is 1. The fourth-order valence-corrected chi connectivity index (χ4v) is 1.51. The van der Waals surface area contributed by atoms with Crippen molar-refractivity contribution in [1.82, 2.24) is 5.06 Å². The Labute approximate surface area is 90.9 Å². The first kappa shape index (κ1) is 12.9. The van der Waals surface area contributed by atoms with Gasteiger partial charge in [-0.05, 0) is 26.7 Å². The molecule has 0 aromatic rings. The number of hydroxylamine groups is 2. The first-order chi connectivity index (χ1) is 7.18. The maximum Gasteiger partial charge on any atom is 0.170 e. The molecule has 0 aromatic carbocycles. The lowest BCUT2D eigenvalue weighted by molar-refractivity contribution is -0.290. The summed E-state index contributed by atoms with van der Waals surface area (Å²) in [6.07, 6.45) is 2.38. The van der Waals surface area contributed by atoms with Gasteiger partial charge in [0.2, 0.25) is 0 Å². The minimum absolute atomic E-state index is 0.174. The SMILES string of the molecule is CC(O)OC(C)OCON1CCCCC1. The Morgan fingerprint density at radius 3 is 2.47 bits per heavy atom. The summed E-state index contributed by atoms with van der Waals surface area (Å²) in [5.74, 6) is 0. The van der Waals surface area contributed by atoms with Gasteiger partial charge in [-0.3, -0.25) is 4.84 Å². The lowest BCUT2D eigenvalue weighted by Crippen LogP contribution is -2.32. The summed E-state index contributed by atoms with van der Waals surface area (Å²) in [6.45, 7) is 5.38. The molecule has 0 aliphatic carbocycles. The second-order valence-corrected chi connectivity index (χ2v) is 3.71. The third-order valence-corrected chi connectivity index (χ3v) is 2.24. The summed E-state index contributed by atoms with van der Waals surface area (Å²) in [7, 11) is 0. The maximum absolute atomic E-state index is 8.92.